The predicted octanol–water partition coefficient (Wildman–Crippen LogP) is -0.176. The van der Waals surface area contributed by atoms with E-state index in [1.54, 1.807) is 0 Å². The molecule has 0 saturated heterocycles. The van der Waals surface area contributed by atoms with E-state index >= 15 is 0 Å². The van der Waals surface area contributed by atoms with Crippen molar-refractivity contribution in [2.24, 2.45) is 5.73 Å². The van der Waals surface area contributed by atoms with E-state index < -0.39 is 6.09 Å². The number of rotatable bonds is 0. The number of primary amides is 1. The van der Waals surface area contributed by atoms with E-state index in [4.69, 9.17) is 0 Å². The average molecular weight is 76.1 g/mol. The summed E-state index contributed by atoms with van der Waals surface area (Å²) in [6.07, 6.45) is -0.745. The molecule has 3 nitrogen and oxygen atoms in total. The molecule has 0 aliphatic rings. The van der Waals surface area contributed by atoms with Gasteiger partial charge < -0.3 is 10.5 Å². The molecule has 0 atom stereocenters. The summed E-state index contributed by atoms with van der Waals surface area (Å²) < 4.78 is 3.89. The Morgan fingerprint density at radius 1 is 2.20 bits per heavy atom. The molecule has 0 aromatic rings. The van der Waals surface area contributed by atoms with Crippen molar-refractivity contribution in [1.29, 1.82) is 0 Å². The number of amides is 1. The van der Waals surface area contributed by atoms with Gasteiger partial charge >= 0.3 is 7.52 Å². The van der Waals surface area contributed by atoms with E-state index in [0.29, 0.717) is 0 Å². The quantitative estimate of drug-likeness (QED) is 0.435. The molecule has 5 heavy (non-hydrogen) atoms. The number of carbonyl (C=O) groups is 1. The van der Waals surface area contributed by atoms with Crippen LogP contribution in [0.25, 0.3) is 0 Å². The molecule has 0 fully saturated rings. The molecule has 0 aliphatic heterocycles. The number of carbonyl (C=O) groups excluding carboxylic acids is 1. The van der Waals surface area contributed by atoms with Crippen LogP contribution in [0.5, 0.6) is 0 Å². The lowest BCUT2D eigenvalue weighted by atomic mass is 11.3. The van der Waals surface area contributed by atoms with Gasteiger partial charge in [0.15, 0.2) is 0 Å². The van der Waals surface area contributed by atoms with E-state index in [2.05, 4.69) is 10.5 Å². The van der Waals surface area contributed by atoms with E-state index in [9.17, 15) is 4.79 Å². The van der Waals surface area contributed by atoms with Gasteiger partial charge in [0, 0.05) is 0 Å². The van der Waals surface area contributed by atoms with Crippen LogP contribution in [0.15, 0.2) is 0 Å². The van der Waals surface area contributed by atoms with E-state index in [1.807, 2.05) is 0 Å². The van der Waals surface area contributed by atoms with E-state index in [0.717, 1.165) is 0 Å². The molecule has 2 N–H and O–H groups in total. The van der Waals surface area contributed by atoms with Crippen LogP contribution in [0.3, 0.4) is 0 Å². The molecule has 0 aromatic heterocycles. The van der Waals surface area contributed by atoms with Gasteiger partial charge in [-0.05, 0) is 0 Å². The van der Waals surface area contributed by atoms with Gasteiger partial charge in [0.05, 0.1) is 7.11 Å². The molecular formula is C2H6NO2+. The first-order chi connectivity index (χ1) is 2.27. The summed E-state index contributed by atoms with van der Waals surface area (Å²) in [5.74, 6) is 0. The summed E-state index contributed by atoms with van der Waals surface area (Å²) in [7, 11) is 1.22. The van der Waals surface area contributed by atoms with Crippen molar-refractivity contribution in [3.63, 3.8) is 0 Å². The van der Waals surface area contributed by atoms with Gasteiger partial charge in [0.2, 0.25) is 0 Å². The summed E-state index contributed by atoms with van der Waals surface area (Å²) >= 11 is 0. The van der Waals surface area contributed by atoms with Crippen LogP contribution in [0, 0.1) is 0 Å². The Labute approximate surface area is 31.2 Å². The van der Waals surface area contributed by atoms with Gasteiger partial charge in [-0.1, -0.05) is 0 Å². The van der Waals surface area contributed by atoms with Crippen molar-refractivity contribution in [3.05, 3.63) is 0 Å². The van der Waals surface area contributed by atoms with Gasteiger partial charge in [0.1, 0.15) is 0 Å². The first kappa shape index (κ1) is 4.27. The number of nitrogens with two attached hydrogens (primary N) is 1. The van der Waals surface area contributed by atoms with Crippen molar-refractivity contribution in [1.82, 2.24) is 0 Å². The highest BCUT2D eigenvalue weighted by Gasteiger charge is 1.76. The highest BCUT2D eigenvalue weighted by Crippen LogP contribution is 1.55. The number of methoxy groups -OCH3 is 1. The van der Waals surface area contributed by atoms with Crippen LogP contribution < -0.4 is 5.73 Å². The van der Waals surface area contributed by atoms with Crippen LogP contribution in [0.1, 0.15) is 1.43 Å². The highest BCUT2D eigenvalue weighted by atomic mass is 16.5. The maximum atomic E-state index is 9.37. The largest absolute Gasteiger partial charge is 1.00 e. The Hall–Kier alpha value is -0.730. The Balaban J connectivity index is 0. The van der Waals surface area contributed by atoms with Crippen molar-refractivity contribution in [3.8, 4) is 0 Å². The van der Waals surface area contributed by atoms with Crippen LogP contribution in [-0.2, 0) is 4.74 Å². The Morgan fingerprint density at radius 3 is 2.40 bits per heavy atom. The number of ether oxygens (including phenoxy) is 1. The average Bonchev–Trinajstić information content (AvgIpc) is 1.38. The third-order valence-electron chi connectivity index (χ3n) is 0.201. The molecular weight excluding hydrogens is 70.0 g/mol. The zero-order valence-electron chi connectivity index (χ0n) is 3.89. The Morgan fingerprint density at radius 2 is 2.40 bits per heavy atom. The summed E-state index contributed by atoms with van der Waals surface area (Å²) in [6, 6.07) is 0. The molecule has 0 saturated carbocycles. The van der Waals surface area contributed by atoms with Gasteiger partial charge in [-0.2, -0.15) is 0 Å². The molecule has 0 rings (SSSR count). The lowest BCUT2D eigenvalue weighted by Gasteiger charge is -1.81. The fourth-order valence-electron chi connectivity index (χ4n) is 0. The van der Waals surface area contributed by atoms with Crippen LogP contribution in [-0.4, -0.2) is 13.2 Å². The maximum Gasteiger partial charge on any atom is 1.00 e. The third kappa shape index (κ3) is 3.27. The second-order valence-corrected chi connectivity index (χ2v) is 0.523. The van der Waals surface area contributed by atoms with E-state index in [-0.39, 0.29) is 1.43 Å². The maximum absolute atomic E-state index is 9.37. The molecule has 0 aliphatic carbocycles. The molecule has 1 amide bonds. The minimum atomic E-state index is -0.745. The Bertz CT molecular complexity index is 46.8. The minimum Gasteiger partial charge on any atom is -0.453 e. The lowest BCUT2D eigenvalue weighted by molar-refractivity contribution is 0.182. The SMILES string of the molecule is COC(N)=O.[H+]. The predicted molar refractivity (Wildman–Crippen MR) is 17.7 cm³/mol. The second-order valence-electron chi connectivity index (χ2n) is 0.523. The zero-order chi connectivity index (χ0) is 4.28. The van der Waals surface area contributed by atoms with Crippen molar-refractivity contribution >= 4 is 6.09 Å². The first-order valence-electron chi connectivity index (χ1n) is 1.11. The minimum absolute atomic E-state index is 0. The number of hydrogen-bond donors (Lipinski definition) is 1. The highest BCUT2D eigenvalue weighted by molar-refractivity contribution is 5.64. The van der Waals surface area contributed by atoms with E-state index in [1.165, 1.54) is 7.11 Å². The standard InChI is InChI=1S/C2H5NO2/c1-5-2(3)4/h1H3,(H2,3,4)/p+1. The van der Waals surface area contributed by atoms with Crippen molar-refractivity contribution < 1.29 is 11.0 Å². The van der Waals surface area contributed by atoms with Crippen LogP contribution in [0.2, 0.25) is 0 Å². The van der Waals surface area contributed by atoms with Gasteiger partial charge in [-0.25, -0.2) is 4.79 Å². The zero-order valence-corrected chi connectivity index (χ0v) is 2.89. The fraction of sp³-hybridized carbons (Fsp3) is 0.500. The van der Waals surface area contributed by atoms with Crippen molar-refractivity contribution in [2.45, 2.75) is 0 Å². The normalized spacial score (nSPS) is 6.60. The van der Waals surface area contributed by atoms with Crippen LogP contribution >= 0.6 is 0 Å². The van der Waals surface area contributed by atoms with Crippen molar-refractivity contribution in [2.75, 3.05) is 7.11 Å². The monoisotopic (exact) mass is 76.0 g/mol. The molecule has 0 aromatic carbocycles. The topological polar surface area (TPSA) is 52.3 Å². The van der Waals surface area contributed by atoms with Crippen LogP contribution in [0.4, 0.5) is 4.79 Å². The molecule has 0 radical (unpaired) electrons. The fourth-order valence-corrected chi connectivity index (χ4v) is 0. The van der Waals surface area contributed by atoms with Gasteiger partial charge in [0.25, 0.3) is 0 Å². The summed E-state index contributed by atoms with van der Waals surface area (Å²) in [5.41, 5.74) is 4.43. The molecule has 3 heteroatoms. The molecule has 0 unspecified atom stereocenters. The molecule has 0 bridgehead atoms. The smallest absolute Gasteiger partial charge is 0.453 e. The molecule has 0 heterocycles. The summed E-state index contributed by atoms with van der Waals surface area (Å²) in [6.45, 7) is 0. The summed E-state index contributed by atoms with van der Waals surface area (Å²) in [5, 5.41) is 0. The lowest BCUT2D eigenvalue weighted by Crippen LogP contribution is -2.08. The number of hydrogen-bond acceptors (Lipinski definition) is 2. The first-order valence-corrected chi connectivity index (χ1v) is 1.11. The molecule has 30 valence electrons. The third-order valence-corrected chi connectivity index (χ3v) is 0.201. The van der Waals surface area contributed by atoms with Gasteiger partial charge in [-0.3, -0.25) is 0 Å². The summed E-state index contributed by atoms with van der Waals surface area (Å²) in [4.78, 5) is 9.37. The molecule has 0 spiro atoms. The Kier molecular flexibility index (Phi) is 1.35. The second kappa shape index (κ2) is 1.58. The van der Waals surface area contributed by atoms with Gasteiger partial charge in [-0.15, -0.1) is 0 Å².